The molecule has 1 amide bonds. The number of aryl methyl sites for hydroxylation is 1. The van der Waals surface area contributed by atoms with E-state index in [0.717, 1.165) is 50.9 Å². The minimum absolute atomic E-state index is 0.0930. The summed E-state index contributed by atoms with van der Waals surface area (Å²) >= 11 is 0. The molecule has 202 valence electrons. The van der Waals surface area contributed by atoms with Gasteiger partial charge in [-0.2, -0.15) is 13.2 Å². The fourth-order valence-corrected chi connectivity index (χ4v) is 6.08. The number of rotatable bonds is 7. The SMILES string of the molecule is Cn1cnc(OC(=O)N(Cc2ccc(F)c(C(F)(F)F)c2)CC2C3CN(CC4(O)CCCCC4)CC32)c1. The number of imidazole rings is 1. The maximum atomic E-state index is 13.8. The van der Waals surface area contributed by atoms with Gasteiger partial charge in [0.05, 0.1) is 23.7 Å². The lowest BCUT2D eigenvalue weighted by Crippen LogP contribution is -2.45. The van der Waals surface area contributed by atoms with Gasteiger partial charge in [-0.3, -0.25) is 4.90 Å². The van der Waals surface area contributed by atoms with E-state index in [1.165, 1.54) is 29.9 Å². The van der Waals surface area contributed by atoms with E-state index in [4.69, 9.17) is 4.74 Å². The molecule has 1 N–H and O–H groups in total. The number of nitrogens with zero attached hydrogens (tertiary/aromatic N) is 4. The van der Waals surface area contributed by atoms with Crippen LogP contribution in [0.15, 0.2) is 30.7 Å². The number of halogens is 4. The van der Waals surface area contributed by atoms with Gasteiger partial charge in [0, 0.05) is 39.8 Å². The summed E-state index contributed by atoms with van der Waals surface area (Å²) in [6, 6.07) is 2.78. The van der Waals surface area contributed by atoms with E-state index in [1.54, 1.807) is 11.6 Å². The fraction of sp³-hybridized carbons (Fsp3) is 0.615. The molecule has 2 atom stereocenters. The zero-order chi connectivity index (χ0) is 26.4. The molecule has 0 spiro atoms. The second-order valence-electron chi connectivity index (χ2n) is 10.9. The lowest BCUT2D eigenvalue weighted by Gasteiger charge is -2.36. The van der Waals surface area contributed by atoms with Crippen LogP contribution in [0, 0.1) is 23.6 Å². The molecule has 1 saturated heterocycles. The summed E-state index contributed by atoms with van der Waals surface area (Å²) in [6.07, 6.45) is 2.36. The number of amides is 1. The molecule has 1 aliphatic heterocycles. The number of hydrogen-bond acceptors (Lipinski definition) is 5. The van der Waals surface area contributed by atoms with Crippen molar-refractivity contribution in [1.29, 1.82) is 0 Å². The predicted octanol–water partition coefficient (Wildman–Crippen LogP) is 4.45. The molecule has 3 aliphatic rings. The number of β-amino-alcohol motifs (C(OH)–C–C–N with tert-alkyl or cyclic N) is 1. The van der Waals surface area contributed by atoms with E-state index >= 15 is 0 Å². The van der Waals surface area contributed by atoms with Gasteiger partial charge < -0.3 is 19.3 Å². The maximum absolute atomic E-state index is 13.8. The van der Waals surface area contributed by atoms with Gasteiger partial charge in [-0.1, -0.05) is 25.3 Å². The average molecular weight is 525 g/mol. The van der Waals surface area contributed by atoms with Crippen LogP contribution >= 0.6 is 0 Å². The molecule has 7 nitrogen and oxygen atoms in total. The van der Waals surface area contributed by atoms with E-state index in [1.807, 2.05) is 0 Å². The van der Waals surface area contributed by atoms with Crippen LogP contribution in [-0.2, 0) is 19.8 Å². The Kier molecular flexibility index (Phi) is 6.95. The minimum Gasteiger partial charge on any atom is -0.389 e. The van der Waals surface area contributed by atoms with Crippen molar-refractivity contribution in [3.05, 3.63) is 47.7 Å². The van der Waals surface area contributed by atoms with Crippen molar-refractivity contribution in [1.82, 2.24) is 19.4 Å². The normalized spacial score (nSPS) is 25.1. The van der Waals surface area contributed by atoms with E-state index in [0.29, 0.717) is 24.9 Å². The van der Waals surface area contributed by atoms with Gasteiger partial charge in [-0.15, -0.1) is 0 Å². The van der Waals surface area contributed by atoms with Crippen LogP contribution in [0.25, 0.3) is 0 Å². The van der Waals surface area contributed by atoms with E-state index in [2.05, 4.69) is 9.88 Å². The molecule has 3 fully saturated rings. The molecule has 1 aromatic heterocycles. The lowest BCUT2D eigenvalue weighted by atomic mass is 9.84. The van der Waals surface area contributed by atoms with Crippen LogP contribution in [0.5, 0.6) is 5.88 Å². The van der Waals surface area contributed by atoms with Crippen LogP contribution < -0.4 is 4.74 Å². The van der Waals surface area contributed by atoms with Crippen LogP contribution in [0.3, 0.4) is 0 Å². The van der Waals surface area contributed by atoms with Crippen LogP contribution in [-0.4, -0.2) is 62.3 Å². The Morgan fingerprint density at radius 3 is 2.54 bits per heavy atom. The number of carbonyl (C=O) groups is 1. The largest absolute Gasteiger partial charge is 0.419 e. The molecular weight excluding hydrogens is 492 g/mol. The van der Waals surface area contributed by atoms with Gasteiger partial charge in [0.2, 0.25) is 5.88 Å². The number of aliphatic hydroxyl groups is 1. The van der Waals surface area contributed by atoms with E-state index in [-0.39, 0.29) is 23.9 Å². The summed E-state index contributed by atoms with van der Waals surface area (Å²) < 4.78 is 60.5. The average Bonchev–Trinajstić information content (AvgIpc) is 3.11. The molecular formula is C26H32F4N4O3. The Morgan fingerprint density at radius 1 is 1.22 bits per heavy atom. The van der Waals surface area contributed by atoms with Gasteiger partial charge in [0.25, 0.3) is 0 Å². The standard InChI is InChI=1S/C26H32F4N4O3/c1-32-14-23(31-16-32)37-24(35)34(10-17-5-6-22(27)21(9-17)26(28,29)30)13-20-18-11-33(12-19(18)20)15-25(36)7-3-2-4-8-25/h5-6,9,14,16,18-20,36H,2-4,7-8,10-13,15H2,1H3. The minimum atomic E-state index is -4.83. The Morgan fingerprint density at radius 2 is 1.92 bits per heavy atom. The fourth-order valence-electron chi connectivity index (χ4n) is 6.08. The van der Waals surface area contributed by atoms with Crippen molar-refractivity contribution in [2.75, 3.05) is 26.2 Å². The number of benzene rings is 1. The predicted molar refractivity (Wildman–Crippen MR) is 126 cm³/mol. The van der Waals surface area contributed by atoms with Gasteiger partial charge in [0.1, 0.15) is 5.82 Å². The number of piperidine rings is 1. The van der Waals surface area contributed by atoms with Crippen LogP contribution in [0.2, 0.25) is 0 Å². The molecule has 2 unspecified atom stereocenters. The Labute approximate surface area is 213 Å². The van der Waals surface area contributed by atoms with Gasteiger partial charge in [-0.25, -0.2) is 14.2 Å². The third-order valence-corrected chi connectivity index (χ3v) is 8.02. The number of likely N-dealkylation sites (tertiary alicyclic amines) is 1. The Balaban J connectivity index is 1.25. The summed E-state index contributed by atoms with van der Waals surface area (Å²) in [5.74, 6) is -0.352. The second-order valence-corrected chi connectivity index (χ2v) is 10.9. The highest BCUT2D eigenvalue weighted by Gasteiger charge is 2.56. The van der Waals surface area contributed by atoms with E-state index < -0.39 is 29.3 Å². The quantitative estimate of drug-likeness (QED) is 0.542. The highest BCUT2D eigenvalue weighted by atomic mass is 19.4. The number of fused-ring (bicyclic) bond motifs is 1. The maximum Gasteiger partial charge on any atom is 0.419 e. The summed E-state index contributed by atoms with van der Waals surface area (Å²) in [4.78, 5) is 20.7. The molecule has 2 saturated carbocycles. The number of ether oxygens (including phenoxy) is 1. The number of carbonyl (C=O) groups excluding carboxylic acids is 1. The molecule has 37 heavy (non-hydrogen) atoms. The van der Waals surface area contributed by atoms with Crippen molar-refractivity contribution < 1.29 is 32.2 Å². The molecule has 2 heterocycles. The summed E-state index contributed by atoms with van der Waals surface area (Å²) in [5.41, 5.74) is -1.82. The molecule has 2 aliphatic carbocycles. The molecule has 0 bridgehead atoms. The molecule has 2 aromatic rings. The van der Waals surface area contributed by atoms with Gasteiger partial charge >= 0.3 is 12.3 Å². The molecule has 1 aromatic carbocycles. The lowest BCUT2D eigenvalue weighted by molar-refractivity contribution is -0.140. The summed E-state index contributed by atoms with van der Waals surface area (Å²) in [6.45, 7) is 2.49. The monoisotopic (exact) mass is 524 g/mol. The zero-order valence-corrected chi connectivity index (χ0v) is 20.8. The third kappa shape index (κ3) is 5.93. The first-order valence-corrected chi connectivity index (χ1v) is 12.8. The van der Waals surface area contributed by atoms with Crippen molar-refractivity contribution in [3.8, 4) is 5.88 Å². The first kappa shape index (κ1) is 26.0. The molecule has 11 heteroatoms. The van der Waals surface area contributed by atoms with Crippen LogP contribution in [0.1, 0.15) is 43.2 Å². The van der Waals surface area contributed by atoms with E-state index in [9.17, 15) is 27.5 Å². The van der Waals surface area contributed by atoms with Crippen LogP contribution in [0.4, 0.5) is 22.4 Å². The first-order chi connectivity index (χ1) is 17.5. The number of hydrogen-bond donors (Lipinski definition) is 1. The summed E-state index contributed by atoms with van der Waals surface area (Å²) in [5, 5.41) is 10.9. The topological polar surface area (TPSA) is 70.8 Å². The van der Waals surface area contributed by atoms with Crippen molar-refractivity contribution in [3.63, 3.8) is 0 Å². The summed E-state index contributed by atoms with van der Waals surface area (Å²) in [7, 11) is 1.72. The van der Waals surface area contributed by atoms with Crippen molar-refractivity contribution >= 4 is 6.09 Å². The van der Waals surface area contributed by atoms with Crippen molar-refractivity contribution in [2.24, 2.45) is 24.8 Å². The number of alkyl halides is 3. The van der Waals surface area contributed by atoms with Crippen molar-refractivity contribution in [2.45, 2.75) is 50.4 Å². The number of aromatic nitrogens is 2. The Hall–Kier alpha value is -2.66. The highest BCUT2D eigenvalue weighted by molar-refractivity contribution is 5.70. The highest BCUT2D eigenvalue weighted by Crippen LogP contribution is 2.52. The molecule has 0 radical (unpaired) electrons. The van der Waals surface area contributed by atoms with Gasteiger partial charge in [0.15, 0.2) is 0 Å². The third-order valence-electron chi connectivity index (χ3n) is 8.02. The second kappa shape index (κ2) is 9.90. The molecule has 5 rings (SSSR count). The Bertz CT molecular complexity index is 1120. The zero-order valence-electron chi connectivity index (χ0n) is 20.8. The smallest absolute Gasteiger partial charge is 0.389 e. The van der Waals surface area contributed by atoms with Gasteiger partial charge in [-0.05, 0) is 48.3 Å². The first-order valence-electron chi connectivity index (χ1n) is 12.8.